The van der Waals surface area contributed by atoms with Gasteiger partial charge in [-0.1, -0.05) is 13.0 Å². The maximum Gasteiger partial charge on any atom is 0.255 e. The van der Waals surface area contributed by atoms with Gasteiger partial charge in [0.15, 0.2) is 0 Å². The Labute approximate surface area is 214 Å². The third-order valence-corrected chi connectivity index (χ3v) is 7.30. The molecule has 3 heterocycles. The minimum Gasteiger partial charge on any atom is -0.492 e. The van der Waals surface area contributed by atoms with Crippen molar-refractivity contribution in [2.75, 3.05) is 19.7 Å². The number of aliphatic hydroxyl groups is 1. The van der Waals surface area contributed by atoms with Crippen LogP contribution in [0.3, 0.4) is 0 Å². The van der Waals surface area contributed by atoms with Crippen LogP contribution >= 0.6 is 0 Å². The van der Waals surface area contributed by atoms with Crippen LogP contribution in [0.5, 0.6) is 5.75 Å². The van der Waals surface area contributed by atoms with Gasteiger partial charge in [0.1, 0.15) is 35.2 Å². The zero-order valence-corrected chi connectivity index (χ0v) is 21.5. The van der Waals surface area contributed by atoms with Crippen LogP contribution in [0.25, 0.3) is 22.3 Å². The number of carbonyl (C=O) groups is 2. The number of benzene rings is 1. The Morgan fingerprint density at radius 2 is 2.03 bits per heavy atom. The van der Waals surface area contributed by atoms with Crippen molar-refractivity contribution in [3.63, 3.8) is 0 Å². The molecule has 37 heavy (non-hydrogen) atoms. The summed E-state index contributed by atoms with van der Waals surface area (Å²) in [7, 11) is 0. The average molecular weight is 510 g/mol. The molecule has 2 aromatic heterocycles. The fraction of sp³-hybridized carbons (Fsp3) is 0.481. The number of H-pyrrole nitrogens is 1. The molecular formula is C27H32FN5O4. The molecule has 3 aromatic rings. The van der Waals surface area contributed by atoms with E-state index in [4.69, 9.17) is 4.74 Å². The molecule has 1 saturated carbocycles. The van der Waals surface area contributed by atoms with E-state index in [2.05, 4.69) is 20.3 Å². The molecule has 2 fully saturated rings. The number of aliphatic hydroxyl groups excluding tert-OH is 1. The molecule has 5 rings (SSSR count). The molecule has 0 unspecified atom stereocenters. The monoisotopic (exact) mass is 509 g/mol. The van der Waals surface area contributed by atoms with Gasteiger partial charge in [-0.2, -0.15) is 0 Å². The molecule has 0 bridgehead atoms. The van der Waals surface area contributed by atoms with Gasteiger partial charge in [0.2, 0.25) is 0 Å². The molecule has 3 atom stereocenters. The van der Waals surface area contributed by atoms with E-state index in [1.807, 2.05) is 6.92 Å². The first-order chi connectivity index (χ1) is 17.7. The number of nitrogens with one attached hydrogen (secondary N) is 2. The summed E-state index contributed by atoms with van der Waals surface area (Å²) >= 11 is 0. The highest BCUT2D eigenvalue weighted by Gasteiger charge is 2.35. The topological polar surface area (TPSA) is 120 Å². The normalized spacial score (nSPS) is 20.3. The predicted octanol–water partition coefficient (Wildman–Crippen LogP) is 3.13. The number of ether oxygens (including phenoxy) is 1. The number of likely N-dealkylation sites (tertiary alicyclic amines) is 1. The second-order valence-electron chi connectivity index (χ2n) is 10.4. The molecule has 196 valence electrons. The summed E-state index contributed by atoms with van der Waals surface area (Å²) in [6.07, 6.45) is 2.46. The summed E-state index contributed by atoms with van der Waals surface area (Å²) in [4.78, 5) is 39.2. The van der Waals surface area contributed by atoms with Gasteiger partial charge in [-0.15, -0.1) is 0 Å². The highest BCUT2D eigenvalue weighted by molar-refractivity contribution is 6.09. The van der Waals surface area contributed by atoms with E-state index in [1.54, 1.807) is 30.9 Å². The summed E-state index contributed by atoms with van der Waals surface area (Å²) in [6, 6.07) is 3.17. The van der Waals surface area contributed by atoms with Crippen LogP contribution in [0.15, 0.2) is 18.5 Å². The van der Waals surface area contributed by atoms with Gasteiger partial charge in [-0.05, 0) is 57.1 Å². The fourth-order valence-electron chi connectivity index (χ4n) is 4.92. The van der Waals surface area contributed by atoms with Crippen molar-refractivity contribution in [2.24, 2.45) is 11.8 Å². The molecule has 1 aromatic carbocycles. The molecule has 0 spiro atoms. The number of hydrogen-bond donors (Lipinski definition) is 3. The minimum atomic E-state index is -1.09. The number of aryl methyl sites for hydroxylation is 2. The quantitative estimate of drug-likeness (QED) is 0.450. The first-order valence-electron chi connectivity index (χ1n) is 12.7. The second kappa shape index (κ2) is 9.74. The van der Waals surface area contributed by atoms with Crippen molar-refractivity contribution in [2.45, 2.75) is 52.7 Å². The molecule has 10 heteroatoms. The lowest BCUT2D eigenvalue weighted by Gasteiger charge is -2.18. The third kappa shape index (κ3) is 4.77. The number of halogens is 1. The van der Waals surface area contributed by atoms with Gasteiger partial charge in [0.25, 0.3) is 11.8 Å². The Balaban J connectivity index is 1.47. The van der Waals surface area contributed by atoms with Crippen LogP contribution in [-0.4, -0.2) is 68.6 Å². The lowest BCUT2D eigenvalue weighted by atomic mass is 10.0. The highest BCUT2D eigenvalue weighted by atomic mass is 19.1. The first kappa shape index (κ1) is 25.1. The predicted molar refractivity (Wildman–Crippen MR) is 136 cm³/mol. The van der Waals surface area contributed by atoms with E-state index in [0.29, 0.717) is 64.9 Å². The van der Waals surface area contributed by atoms with E-state index in [0.717, 1.165) is 12.8 Å². The minimum absolute atomic E-state index is 0.00918. The van der Waals surface area contributed by atoms with E-state index in [9.17, 15) is 14.7 Å². The number of nitrogens with zero attached hydrogens (tertiary/aromatic N) is 3. The molecule has 0 radical (unpaired) electrons. The van der Waals surface area contributed by atoms with Gasteiger partial charge in [0, 0.05) is 18.8 Å². The van der Waals surface area contributed by atoms with E-state index < -0.39 is 11.9 Å². The van der Waals surface area contributed by atoms with Gasteiger partial charge >= 0.3 is 0 Å². The average Bonchev–Trinajstić information content (AvgIpc) is 3.53. The second-order valence-corrected chi connectivity index (χ2v) is 10.4. The Bertz CT molecular complexity index is 1370. The number of rotatable bonds is 7. The first-order valence-corrected chi connectivity index (χ1v) is 12.7. The highest BCUT2D eigenvalue weighted by Crippen LogP contribution is 2.39. The summed E-state index contributed by atoms with van der Waals surface area (Å²) in [6.45, 7) is 8.12. The third-order valence-electron chi connectivity index (χ3n) is 7.30. The summed E-state index contributed by atoms with van der Waals surface area (Å²) in [5.41, 5.74) is 2.81. The van der Waals surface area contributed by atoms with Gasteiger partial charge in [0.05, 0.1) is 29.3 Å². The fourth-order valence-corrected chi connectivity index (χ4v) is 4.92. The maximum absolute atomic E-state index is 15.5. The zero-order valence-electron chi connectivity index (χ0n) is 21.5. The molecule has 1 aliphatic heterocycles. The SMILES string of the molecule is Cc1ccc(OCC2CC2)c(-c2ncnc3c(C(=O)N[C@@H]4CN(C(=O)[C@H](C)O)C[C@H]4C)c(C)[nH]c23)c1F. The molecule has 2 amide bonds. The van der Waals surface area contributed by atoms with Gasteiger partial charge in [-0.25, -0.2) is 14.4 Å². The Hall–Kier alpha value is -3.53. The summed E-state index contributed by atoms with van der Waals surface area (Å²) in [5, 5.41) is 12.7. The molecule has 2 aliphatic rings. The number of amides is 2. The van der Waals surface area contributed by atoms with Crippen molar-refractivity contribution in [1.29, 1.82) is 0 Å². The van der Waals surface area contributed by atoms with Crippen molar-refractivity contribution >= 4 is 22.8 Å². The molecular weight excluding hydrogens is 477 g/mol. The van der Waals surface area contributed by atoms with Crippen LogP contribution in [0, 0.1) is 31.5 Å². The lowest BCUT2D eigenvalue weighted by molar-refractivity contribution is -0.138. The summed E-state index contributed by atoms with van der Waals surface area (Å²) in [5.74, 6) is -0.203. The number of carbonyl (C=O) groups excluding carboxylic acids is 2. The standard InChI is InChI=1S/C27H32FN5O4/c1-13-5-8-19(37-11-17-6-7-17)21(22(13)28)24-25-23(29-12-30-24)20(15(3)31-25)26(35)32-18-10-33(9-14(18)2)27(36)16(4)34/h5,8,12,14,16-18,31,34H,6-7,9-11H2,1-4H3,(H,32,35)/t14-,16+,18-/m1/s1. The zero-order chi connectivity index (χ0) is 26.4. The van der Waals surface area contributed by atoms with Crippen LogP contribution in [0.1, 0.15) is 48.3 Å². The van der Waals surface area contributed by atoms with E-state index >= 15 is 4.39 Å². The lowest BCUT2D eigenvalue weighted by Crippen LogP contribution is -2.42. The van der Waals surface area contributed by atoms with E-state index in [1.165, 1.54) is 13.3 Å². The molecule has 1 saturated heterocycles. The summed E-state index contributed by atoms with van der Waals surface area (Å²) < 4.78 is 21.5. The Morgan fingerprint density at radius 3 is 2.73 bits per heavy atom. The number of fused-ring (bicyclic) bond motifs is 1. The Kier molecular flexibility index (Phi) is 6.61. The number of aromatic nitrogens is 3. The van der Waals surface area contributed by atoms with Crippen molar-refractivity contribution < 1.29 is 23.8 Å². The van der Waals surface area contributed by atoms with Crippen molar-refractivity contribution in [3.05, 3.63) is 41.1 Å². The van der Waals surface area contributed by atoms with Crippen molar-refractivity contribution in [3.8, 4) is 17.0 Å². The van der Waals surface area contributed by atoms with Crippen LogP contribution < -0.4 is 10.1 Å². The Morgan fingerprint density at radius 1 is 1.27 bits per heavy atom. The smallest absolute Gasteiger partial charge is 0.255 e. The molecule has 3 N–H and O–H groups in total. The van der Waals surface area contributed by atoms with Gasteiger partial charge < -0.3 is 25.0 Å². The van der Waals surface area contributed by atoms with E-state index in [-0.39, 0.29) is 29.3 Å². The number of aromatic amines is 1. The largest absolute Gasteiger partial charge is 0.492 e. The molecule has 1 aliphatic carbocycles. The van der Waals surface area contributed by atoms with Crippen LogP contribution in [0.4, 0.5) is 4.39 Å². The van der Waals surface area contributed by atoms with Gasteiger partial charge in [-0.3, -0.25) is 9.59 Å². The van der Waals surface area contributed by atoms with Crippen molar-refractivity contribution in [1.82, 2.24) is 25.2 Å². The molecule has 9 nitrogen and oxygen atoms in total. The maximum atomic E-state index is 15.5. The van der Waals surface area contributed by atoms with Crippen LogP contribution in [0.2, 0.25) is 0 Å². The van der Waals surface area contributed by atoms with Crippen LogP contribution in [-0.2, 0) is 4.79 Å². The number of hydrogen-bond acceptors (Lipinski definition) is 6.